The van der Waals surface area contributed by atoms with Crippen molar-refractivity contribution in [3.63, 3.8) is 0 Å². The van der Waals surface area contributed by atoms with Crippen LogP contribution in [0.15, 0.2) is 23.1 Å². The number of ether oxygens (including phenoxy) is 1. The van der Waals surface area contributed by atoms with Gasteiger partial charge in [-0.05, 0) is 44.4 Å². The van der Waals surface area contributed by atoms with E-state index in [-0.39, 0.29) is 10.9 Å². The van der Waals surface area contributed by atoms with Crippen LogP contribution < -0.4 is 10.5 Å². The average molecular weight is 298 g/mol. The lowest BCUT2D eigenvalue weighted by atomic mass is 10.3. The Balaban J connectivity index is 2.43. The molecule has 2 rings (SSSR count). The summed E-state index contributed by atoms with van der Waals surface area (Å²) in [5, 5.41) is 0. The van der Waals surface area contributed by atoms with Crippen LogP contribution in [0.2, 0.25) is 0 Å². The summed E-state index contributed by atoms with van der Waals surface area (Å²) in [4.78, 5) is 0.180. The molecule has 1 aliphatic rings. The summed E-state index contributed by atoms with van der Waals surface area (Å²) < 4.78 is 32.7. The third kappa shape index (κ3) is 3.07. The molecule has 6 heteroatoms. The van der Waals surface area contributed by atoms with Crippen LogP contribution in [0.25, 0.3) is 0 Å². The van der Waals surface area contributed by atoms with E-state index in [4.69, 9.17) is 10.5 Å². The van der Waals surface area contributed by atoms with Crippen molar-refractivity contribution in [1.29, 1.82) is 0 Å². The van der Waals surface area contributed by atoms with Crippen molar-refractivity contribution in [2.24, 2.45) is 0 Å². The highest BCUT2D eigenvalue weighted by atomic mass is 32.2. The van der Waals surface area contributed by atoms with Gasteiger partial charge in [0.05, 0.1) is 6.61 Å². The van der Waals surface area contributed by atoms with Gasteiger partial charge in [-0.3, -0.25) is 0 Å². The number of nitrogen functional groups attached to an aromatic ring is 1. The molecule has 0 aromatic heterocycles. The summed E-state index contributed by atoms with van der Waals surface area (Å²) in [5.41, 5.74) is 6.18. The fourth-order valence-corrected chi connectivity index (χ4v) is 4.15. The fourth-order valence-electron chi connectivity index (χ4n) is 2.21. The second-order valence-electron chi connectivity index (χ2n) is 4.99. The molecule has 1 aromatic carbocycles. The van der Waals surface area contributed by atoms with Gasteiger partial charge in [-0.15, -0.1) is 0 Å². The first kappa shape index (κ1) is 15.1. The molecule has 1 aliphatic carbocycles. The predicted octanol–water partition coefficient (Wildman–Crippen LogP) is 2.23. The normalized spacial score (nSPS) is 15.6. The third-order valence-electron chi connectivity index (χ3n) is 3.25. The Morgan fingerprint density at radius 3 is 2.60 bits per heavy atom. The molecule has 0 bridgehead atoms. The van der Waals surface area contributed by atoms with Crippen LogP contribution in [-0.4, -0.2) is 31.9 Å². The zero-order chi connectivity index (χ0) is 14.8. The summed E-state index contributed by atoms with van der Waals surface area (Å²) >= 11 is 0. The van der Waals surface area contributed by atoms with Gasteiger partial charge in [0.15, 0.2) is 0 Å². The zero-order valence-corrected chi connectivity index (χ0v) is 12.8. The van der Waals surface area contributed by atoms with Crippen molar-refractivity contribution in [3.8, 4) is 5.75 Å². The van der Waals surface area contributed by atoms with E-state index >= 15 is 0 Å². The summed E-state index contributed by atoms with van der Waals surface area (Å²) in [6, 6.07) is 4.91. The van der Waals surface area contributed by atoms with Crippen molar-refractivity contribution in [3.05, 3.63) is 18.2 Å². The first-order valence-corrected chi connectivity index (χ1v) is 8.48. The number of sulfonamides is 1. The molecule has 5 nitrogen and oxygen atoms in total. The van der Waals surface area contributed by atoms with Gasteiger partial charge in [0.2, 0.25) is 10.0 Å². The lowest BCUT2D eigenvalue weighted by molar-refractivity contribution is 0.328. The summed E-state index contributed by atoms with van der Waals surface area (Å²) in [5.74, 6) is 0.378. The Morgan fingerprint density at radius 2 is 2.05 bits per heavy atom. The molecule has 1 saturated carbocycles. The van der Waals surface area contributed by atoms with Crippen molar-refractivity contribution in [2.75, 3.05) is 18.9 Å². The van der Waals surface area contributed by atoms with E-state index in [1.807, 2.05) is 13.8 Å². The van der Waals surface area contributed by atoms with Crippen molar-refractivity contribution < 1.29 is 13.2 Å². The van der Waals surface area contributed by atoms with Gasteiger partial charge in [0, 0.05) is 18.3 Å². The topological polar surface area (TPSA) is 72.6 Å². The molecule has 0 aliphatic heterocycles. The molecule has 0 heterocycles. The highest BCUT2D eigenvalue weighted by molar-refractivity contribution is 7.89. The first-order chi connectivity index (χ1) is 9.50. The van der Waals surface area contributed by atoms with Gasteiger partial charge < -0.3 is 10.5 Å². The maximum atomic E-state index is 12.8. The van der Waals surface area contributed by atoms with Gasteiger partial charge >= 0.3 is 0 Å². The predicted molar refractivity (Wildman–Crippen MR) is 79.2 cm³/mol. The van der Waals surface area contributed by atoms with Crippen LogP contribution in [-0.2, 0) is 10.0 Å². The van der Waals surface area contributed by atoms with E-state index < -0.39 is 10.0 Å². The minimum atomic E-state index is -3.55. The maximum absolute atomic E-state index is 12.8. The van der Waals surface area contributed by atoms with Gasteiger partial charge in [-0.25, -0.2) is 8.42 Å². The minimum Gasteiger partial charge on any atom is -0.492 e. The van der Waals surface area contributed by atoms with Crippen LogP contribution in [0.5, 0.6) is 5.75 Å². The smallest absolute Gasteiger partial charge is 0.247 e. The fraction of sp³-hybridized carbons (Fsp3) is 0.571. The standard InChI is InChI=1S/C14H22N2O3S/c1-3-9-16(12-6-7-12)20(17,18)14-10-11(15)5-8-13(14)19-4-2/h5,8,10,12H,3-4,6-7,9,15H2,1-2H3. The highest BCUT2D eigenvalue weighted by Gasteiger charge is 2.38. The van der Waals surface area contributed by atoms with Gasteiger partial charge in [-0.1, -0.05) is 6.92 Å². The van der Waals surface area contributed by atoms with Crippen LogP contribution >= 0.6 is 0 Å². The Bertz CT molecular complexity index is 568. The summed E-state index contributed by atoms with van der Waals surface area (Å²) in [6.07, 6.45) is 2.67. The molecule has 20 heavy (non-hydrogen) atoms. The molecule has 0 saturated heterocycles. The van der Waals surface area contributed by atoms with Crippen LogP contribution in [0.4, 0.5) is 5.69 Å². The first-order valence-electron chi connectivity index (χ1n) is 7.04. The van der Waals surface area contributed by atoms with Crippen LogP contribution in [0, 0.1) is 0 Å². The van der Waals surface area contributed by atoms with Crippen molar-refractivity contribution >= 4 is 15.7 Å². The zero-order valence-electron chi connectivity index (χ0n) is 12.0. The van der Waals surface area contributed by atoms with Crippen molar-refractivity contribution in [1.82, 2.24) is 4.31 Å². The Morgan fingerprint density at radius 1 is 1.35 bits per heavy atom. The van der Waals surface area contributed by atoms with Crippen LogP contribution in [0.3, 0.4) is 0 Å². The largest absolute Gasteiger partial charge is 0.492 e. The summed E-state index contributed by atoms with van der Waals surface area (Å²) in [6.45, 7) is 4.77. The molecule has 0 amide bonds. The Labute approximate surface area is 120 Å². The Kier molecular flexibility index (Phi) is 4.55. The monoisotopic (exact) mass is 298 g/mol. The number of rotatable bonds is 7. The molecule has 1 aromatic rings. The van der Waals surface area contributed by atoms with E-state index in [1.54, 1.807) is 16.4 Å². The molecule has 1 fully saturated rings. The van der Waals surface area contributed by atoms with Crippen LogP contribution in [0.1, 0.15) is 33.1 Å². The minimum absolute atomic E-state index is 0.135. The second kappa shape index (κ2) is 6.01. The Hall–Kier alpha value is -1.27. The molecule has 0 radical (unpaired) electrons. The van der Waals surface area contributed by atoms with E-state index in [1.165, 1.54) is 6.07 Å². The molecular formula is C14H22N2O3S. The van der Waals surface area contributed by atoms with Gasteiger partial charge in [0.1, 0.15) is 10.6 Å². The third-order valence-corrected chi connectivity index (χ3v) is 5.23. The molecule has 2 N–H and O–H groups in total. The lowest BCUT2D eigenvalue weighted by Crippen LogP contribution is -2.34. The second-order valence-corrected chi connectivity index (χ2v) is 6.85. The number of nitrogens with two attached hydrogens (primary N) is 1. The number of anilines is 1. The summed E-state index contributed by atoms with van der Waals surface area (Å²) in [7, 11) is -3.55. The highest BCUT2D eigenvalue weighted by Crippen LogP contribution is 2.36. The molecular weight excluding hydrogens is 276 g/mol. The average Bonchev–Trinajstić information content (AvgIpc) is 3.22. The maximum Gasteiger partial charge on any atom is 0.247 e. The molecule has 112 valence electrons. The van der Waals surface area contributed by atoms with Gasteiger partial charge in [0.25, 0.3) is 0 Å². The van der Waals surface area contributed by atoms with E-state index in [9.17, 15) is 8.42 Å². The van der Waals surface area contributed by atoms with E-state index in [0.717, 1.165) is 19.3 Å². The number of hydrogen-bond acceptors (Lipinski definition) is 4. The SMILES string of the molecule is CCCN(C1CC1)S(=O)(=O)c1cc(N)ccc1OCC. The van der Waals surface area contributed by atoms with E-state index in [0.29, 0.717) is 24.6 Å². The molecule has 0 unspecified atom stereocenters. The number of nitrogens with zero attached hydrogens (tertiary/aromatic N) is 1. The van der Waals surface area contributed by atoms with Crippen molar-refractivity contribution in [2.45, 2.75) is 44.0 Å². The lowest BCUT2D eigenvalue weighted by Gasteiger charge is -2.22. The number of hydrogen-bond donors (Lipinski definition) is 1. The van der Waals surface area contributed by atoms with Gasteiger partial charge in [-0.2, -0.15) is 4.31 Å². The number of benzene rings is 1. The van der Waals surface area contributed by atoms with E-state index in [2.05, 4.69) is 0 Å². The quantitative estimate of drug-likeness (QED) is 0.783. The molecule has 0 atom stereocenters. The molecule has 0 spiro atoms.